The van der Waals surface area contributed by atoms with Crippen LogP contribution in [0, 0.1) is 0 Å². The van der Waals surface area contributed by atoms with Crippen molar-refractivity contribution < 1.29 is 4.74 Å². The molecular weight excluding hydrogens is 240 g/mol. The fourth-order valence-corrected chi connectivity index (χ4v) is 3.22. The first-order valence-electron chi connectivity index (χ1n) is 6.55. The first kappa shape index (κ1) is 13.5. The first-order valence-corrected chi connectivity index (χ1v) is 7.53. The lowest BCUT2D eigenvalue weighted by atomic mass is 10.00. The summed E-state index contributed by atoms with van der Waals surface area (Å²) in [7, 11) is 0. The first-order chi connectivity index (χ1) is 8.41. The minimum atomic E-state index is -0.0605. The maximum atomic E-state index is 6.10. The van der Waals surface area contributed by atoms with E-state index in [0.717, 1.165) is 17.9 Å². The Morgan fingerprint density at radius 1 is 1.39 bits per heavy atom. The van der Waals surface area contributed by atoms with Crippen molar-refractivity contribution in [1.29, 1.82) is 0 Å². The van der Waals surface area contributed by atoms with Crippen LogP contribution in [0.1, 0.15) is 45.7 Å². The van der Waals surface area contributed by atoms with E-state index < -0.39 is 0 Å². The number of thioether (sulfide) groups is 1. The van der Waals surface area contributed by atoms with Crippen LogP contribution in [-0.4, -0.2) is 11.4 Å². The molecule has 2 rings (SSSR count). The predicted molar refractivity (Wildman–Crippen MR) is 80.6 cm³/mol. The summed E-state index contributed by atoms with van der Waals surface area (Å²) in [6, 6.07) is 4.53. The molecule has 0 bridgehead atoms. The van der Waals surface area contributed by atoms with E-state index in [0.29, 0.717) is 0 Å². The number of ether oxygens (including phenoxy) is 1. The Morgan fingerprint density at radius 3 is 2.72 bits per heavy atom. The second-order valence-corrected chi connectivity index (χ2v) is 7.01. The number of rotatable bonds is 3. The summed E-state index contributed by atoms with van der Waals surface area (Å²) < 4.78 is 6.10. The van der Waals surface area contributed by atoms with Crippen LogP contribution >= 0.6 is 11.8 Å². The van der Waals surface area contributed by atoms with Gasteiger partial charge in [-0.15, -0.1) is 11.8 Å². The SMILES string of the molecule is CCSc1cc(C=C(C)C)cc2c1OC(C)(C)C2. The van der Waals surface area contributed by atoms with Crippen molar-refractivity contribution >= 4 is 17.8 Å². The number of fused-ring (bicyclic) bond motifs is 1. The molecule has 0 aliphatic carbocycles. The van der Waals surface area contributed by atoms with E-state index in [1.807, 2.05) is 11.8 Å². The third kappa shape index (κ3) is 2.92. The van der Waals surface area contributed by atoms with Gasteiger partial charge < -0.3 is 4.74 Å². The smallest absolute Gasteiger partial charge is 0.137 e. The highest BCUT2D eigenvalue weighted by Crippen LogP contribution is 2.43. The molecule has 0 saturated heterocycles. The lowest BCUT2D eigenvalue weighted by Crippen LogP contribution is -2.24. The summed E-state index contributed by atoms with van der Waals surface area (Å²) in [4.78, 5) is 1.29. The van der Waals surface area contributed by atoms with Gasteiger partial charge in [-0.05, 0) is 56.7 Å². The van der Waals surface area contributed by atoms with Crippen molar-refractivity contribution in [2.24, 2.45) is 0 Å². The molecular formula is C16H22OS. The minimum Gasteiger partial charge on any atom is -0.486 e. The monoisotopic (exact) mass is 262 g/mol. The van der Waals surface area contributed by atoms with Crippen LogP contribution in [0.25, 0.3) is 6.08 Å². The lowest BCUT2D eigenvalue weighted by molar-refractivity contribution is 0.135. The quantitative estimate of drug-likeness (QED) is 0.714. The fraction of sp³-hybridized carbons (Fsp3) is 0.500. The van der Waals surface area contributed by atoms with Crippen molar-refractivity contribution in [2.75, 3.05) is 5.75 Å². The molecule has 0 aromatic heterocycles. The lowest BCUT2D eigenvalue weighted by Gasteiger charge is -2.18. The molecule has 1 nitrogen and oxygen atoms in total. The predicted octanol–water partition coefficient (Wildman–Crippen LogP) is 4.94. The summed E-state index contributed by atoms with van der Waals surface area (Å²) >= 11 is 1.87. The number of hydrogen-bond acceptors (Lipinski definition) is 2. The van der Waals surface area contributed by atoms with Crippen molar-refractivity contribution in [3.05, 3.63) is 28.8 Å². The summed E-state index contributed by atoms with van der Waals surface area (Å²) in [5, 5.41) is 0. The molecule has 18 heavy (non-hydrogen) atoms. The average molecular weight is 262 g/mol. The number of hydrogen-bond donors (Lipinski definition) is 0. The van der Waals surface area contributed by atoms with Gasteiger partial charge in [0, 0.05) is 6.42 Å². The molecule has 0 spiro atoms. The summed E-state index contributed by atoms with van der Waals surface area (Å²) in [6.07, 6.45) is 3.25. The van der Waals surface area contributed by atoms with Crippen molar-refractivity contribution in [3.8, 4) is 5.75 Å². The normalized spacial score (nSPS) is 16.1. The van der Waals surface area contributed by atoms with Gasteiger partial charge in [0.2, 0.25) is 0 Å². The van der Waals surface area contributed by atoms with Gasteiger partial charge in [0.25, 0.3) is 0 Å². The zero-order valence-electron chi connectivity index (χ0n) is 12.0. The van der Waals surface area contributed by atoms with Crippen LogP contribution in [0.3, 0.4) is 0 Å². The van der Waals surface area contributed by atoms with E-state index in [4.69, 9.17) is 4.74 Å². The third-order valence-electron chi connectivity index (χ3n) is 2.90. The second kappa shape index (κ2) is 5.00. The van der Waals surface area contributed by atoms with Crippen LogP contribution < -0.4 is 4.74 Å². The van der Waals surface area contributed by atoms with Gasteiger partial charge in [-0.1, -0.05) is 18.6 Å². The molecule has 1 aromatic carbocycles. The standard InChI is InChI=1S/C16H22OS/c1-6-18-14-9-12(7-11(2)3)8-13-10-16(4,5)17-15(13)14/h7-9H,6,10H2,1-5H3. The minimum absolute atomic E-state index is 0.0605. The van der Waals surface area contributed by atoms with Crippen LogP contribution in [0.4, 0.5) is 0 Å². The van der Waals surface area contributed by atoms with Crippen LogP contribution in [0.5, 0.6) is 5.75 Å². The maximum Gasteiger partial charge on any atom is 0.137 e. The number of allylic oxidation sites excluding steroid dienone is 1. The Kier molecular flexibility index (Phi) is 3.76. The highest BCUT2D eigenvalue weighted by atomic mass is 32.2. The summed E-state index contributed by atoms with van der Waals surface area (Å²) in [5.74, 6) is 2.19. The summed E-state index contributed by atoms with van der Waals surface area (Å²) in [6.45, 7) is 10.8. The van der Waals surface area contributed by atoms with Gasteiger partial charge >= 0.3 is 0 Å². The Balaban J connectivity index is 2.47. The Labute approximate surface area is 115 Å². The van der Waals surface area contributed by atoms with Crippen LogP contribution in [0.15, 0.2) is 22.6 Å². The molecule has 1 aliphatic rings. The molecule has 0 unspecified atom stereocenters. The molecule has 0 saturated carbocycles. The van der Waals surface area contributed by atoms with E-state index >= 15 is 0 Å². The topological polar surface area (TPSA) is 9.23 Å². The van der Waals surface area contributed by atoms with E-state index in [1.54, 1.807) is 0 Å². The molecule has 1 aromatic rings. The highest BCUT2D eigenvalue weighted by molar-refractivity contribution is 7.99. The van der Waals surface area contributed by atoms with Gasteiger partial charge in [0.05, 0.1) is 4.90 Å². The fourth-order valence-electron chi connectivity index (χ4n) is 2.38. The Bertz CT molecular complexity index is 482. The molecule has 0 amide bonds. The second-order valence-electron chi connectivity index (χ2n) is 5.70. The molecule has 0 radical (unpaired) electrons. The molecule has 0 fully saturated rings. The zero-order valence-corrected chi connectivity index (χ0v) is 12.8. The van der Waals surface area contributed by atoms with Crippen molar-refractivity contribution in [2.45, 2.75) is 51.5 Å². The molecule has 0 atom stereocenters. The van der Waals surface area contributed by atoms with Gasteiger partial charge in [-0.25, -0.2) is 0 Å². The average Bonchev–Trinajstić information content (AvgIpc) is 2.52. The van der Waals surface area contributed by atoms with Gasteiger partial charge in [-0.3, -0.25) is 0 Å². The van der Waals surface area contributed by atoms with Crippen LogP contribution in [-0.2, 0) is 6.42 Å². The van der Waals surface area contributed by atoms with Crippen molar-refractivity contribution in [1.82, 2.24) is 0 Å². The van der Waals surface area contributed by atoms with Crippen LogP contribution in [0.2, 0.25) is 0 Å². The highest BCUT2D eigenvalue weighted by Gasteiger charge is 2.32. The van der Waals surface area contributed by atoms with E-state index in [9.17, 15) is 0 Å². The summed E-state index contributed by atoms with van der Waals surface area (Å²) in [5.41, 5.74) is 3.92. The molecule has 0 N–H and O–H groups in total. The van der Waals surface area contributed by atoms with Gasteiger partial charge in [-0.2, -0.15) is 0 Å². The Morgan fingerprint density at radius 2 is 2.11 bits per heavy atom. The van der Waals surface area contributed by atoms with E-state index in [2.05, 4.69) is 52.8 Å². The third-order valence-corrected chi connectivity index (χ3v) is 3.81. The number of benzene rings is 1. The molecule has 1 aliphatic heterocycles. The maximum absolute atomic E-state index is 6.10. The molecule has 1 heterocycles. The molecule has 98 valence electrons. The van der Waals surface area contributed by atoms with Gasteiger partial charge in [0.1, 0.15) is 11.4 Å². The largest absolute Gasteiger partial charge is 0.486 e. The van der Waals surface area contributed by atoms with Gasteiger partial charge in [0.15, 0.2) is 0 Å². The van der Waals surface area contributed by atoms with E-state index in [1.165, 1.54) is 21.6 Å². The van der Waals surface area contributed by atoms with E-state index in [-0.39, 0.29) is 5.60 Å². The Hall–Kier alpha value is -0.890. The zero-order chi connectivity index (χ0) is 13.3. The van der Waals surface area contributed by atoms with Crippen molar-refractivity contribution in [3.63, 3.8) is 0 Å². The molecule has 2 heteroatoms.